The Labute approximate surface area is 107 Å². The minimum Gasteiger partial charge on any atom is -0.383 e. The number of rotatable bonds is 2. The van der Waals surface area contributed by atoms with Crippen molar-refractivity contribution >= 4 is 0 Å². The van der Waals surface area contributed by atoms with Gasteiger partial charge in [0.05, 0.1) is 12.9 Å². The SMILES string of the molecule is CC1(C)CC(O)(Cn2ccnc2)c2ccccc21. The van der Waals surface area contributed by atoms with E-state index in [0.29, 0.717) is 6.54 Å². The molecule has 0 radical (unpaired) electrons. The van der Waals surface area contributed by atoms with Gasteiger partial charge in [-0.2, -0.15) is 0 Å². The Kier molecular flexibility index (Phi) is 2.35. The van der Waals surface area contributed by atoms with Gasteiger partial charge in [-0.25, -0.2) is 4.98 Å². The first-order valence-electron chi connectivity index (χ1n) is 6.29. The zero-order valence-electron chi connectivity index (χ0n) is 10.8. The second-order valence-electron chi connectivity index (χ2n) is 5.87. The number of hydrogen-bond acceptors (Lipinski definition) is 2. The van der Waals surface area contributed by atoms with Crippen molar-refractivity contribution in [3.05, 3.63) is 54.1 Å². The van der Waals surface area contributed by atoms with Crippen molar-refractivity contribution < 1.29 is 5.11 Å². The van der Waals surface area contributed by atoms with Crippen LogP contribution in [0.15, 0.2) is 43.0 Å². The van der Waals surface area contributed by atoms with E-state index in [-0.39, 0.29) is 5.41 Å². The lowest BCUT2D eigenvalue weighted by atomic mass is 9.85. The van der Waals surface area contributed by atoms with Gasteiger partial charge in [-0.05, 0) is 23.0 Å². The number of fused-ring (bicyclic) bond motifs is 1. The summed E-state index contributed by atoms with van der Waals surface area (Å²) in [5, 5.41) is 11.0. The van der Waals surface area contributed by atoms with Crippen molar-refractivity contribution in [2.75, 3.05) is 0 Å². The predicted molar refractivity (Wildman–Crippen MR) is 70.2 cm³/mol. The summed E-state index contributed by atoms with van der Waals surface area (Å²) in [6.45, 7) is 4.95. The molecule has 3 rings (SSSR count). The van der Waals surface area contributed by atoms with Crippen LogP contribution in [0.3, 0.4) is 0 Å². The van der Waals surface area contributed by atoms with Gasteiger partial charge in [0.25, 0.3) is 0 Å². The van der Waals surface area contributed by atoms with Gasteiger partial charge in [0.1, 0.15) is 5.60 Å². The van der Waals surface area contributed by atoms with Crippen molar-refractivity contribution in [2.45, 2.75) is 37.8 Å². The van der Waals surface area contributed by atoms with E-state index in [2.05, 4.69) is 24.9 Å². The van der Waals surface area contributed by atoms with Gasteiger partial charge in [-0.1, -0.05) is 38.1 Å². The fourth-order valence-electron chi connectivity index (χ4n) is 3.22. The topological polar surface area (TPSA) is 38.0 Å². The first kappa shape index (κ1) is 11.5. The van der Waals surface area contributed by atoms with Crippen LogP contribution in [0.4, 0.5) is 0 Å². The highest BCUT2D eigenvalue weighted by atomic mass is 16.3. The number of aliphatic hydroxyl groups is 1. The van der Waals surface area contributed by atoms with E-state index in [1.54, 1.807) is 12.5 Å². The zero-order valence-corrected chi connectivity index (χ0v) is 10.8. The third-order valence-corrected chi connectivity index (χ3v) is 3.90. The highest BCUT2D eigenvalue weighted by molar-refractivity contribution is 5.43. The van der Waals surface area contributed by atoms with Crippen molar-refractivity contribution in [3.63, 3.8) is 0 Å². The molecule has 0 fully saturated rings. The molecular weight excluding hydrogens is 224 g/mol. The Balaban J connectivity index is 2.04. The molecule has 0 bridgehead atoms. The molecule has 3 nitrogen and oxygen atoms in total. The van der Waals surface area contributed by atoms with Gasteiger partial charge in [-0.3, -0.25) is 0 Å². The van der Waals surface area contributed by atoms with Crippen LogP contribution < -0.4 is 0 Å². The lowest BCUT2D eigenvalue weighted by Gasteiger charge is -2.26. The van der Waals surface area contributed by atoms with E-state index in [4.69, 9.17) is 0 Å². The third-order valence-electron chi connectivity index (χ3n) is 3.90. The molecule has 1 unspecified atom stereocenters. The van der Waals surface area contributed by atoms with E-state index < -0.39 is 5.60 Å². The summed E-state index contributed by atoms with van der Waals surface area (Å²) in [6.07, 6.45) is 6.14. The molecule has 3 heteroatoms. The summed E-state index contributed by atoms with van der Waals surface area (Å²) < 4.78 is 1.94. The van der Waals surface area contributed by atoms with Crippen LogP contribution >= 0.6 is 0 Å². The van der Waals surface area contributed by atoms with Crippen molar-refractivity contribution in [1.82, 2.24) is 9.55 Å². The summed E-state index contributed by atoms with van der Waals surface area (Å²) in [6, 6.07) is 8.21. The van der Waals surface area contributed by atoms with Gasteiger partial charge in [-0.15, -0.1) is 0 Å². The molecule has 0 amide bonds. The molecule has 1 aromatic carbocycles. The Morgan fingerprint density at radius 1 is 1.28 bits per heavy atom. The van der Waals surface area contributed by atoms with Crippen molar-refractivity contribution in [2.24, 2.45) is 0 Å². The summed E-state index contributed by atoms with van der Waals surface area (Å²) >= 11 is 0. The van der Waals surface area contributed by atoms with Crippen LogP contribution in [0, 0.1) is 0 Å². The third kappa shape index (κ3) is 1.66. The quantitative estimate of drug-likeness (QED) is 0.878. The Morgan fingerprint density at radius 3 is 2.67 bits per heavy atom. The normalized spacial score (nSPS) is 25.1. The molecule has 1 heterocycles. The molecular formula is C15H18N2O. The monoisotopic (exact) mass is 242 g/mol. The summed E-state index contributed by atoms with van der Waals surface area (Å²) in [4.78, 5) is 4.04. The molecule has 2 aromatic rings. The highest BCUT2D eigenvalue weighted by Gasteiger charge is 2.46. The van der Waals surface area contributed by atoms with E-state index >= 15 is 0 Å². The van der Waals surface area contributed by atoms with Gasteiger partial charge in [0, 0.05) is 12.4 Å². The van der Waals surface area contributed by atoms with Crippen molar-refractivity contribution in [3.8, 4) is 0 Å². The van der Waals surface area contributed by atoms with E-state index in [1.807, 2.05) is 29.0 Å². The largest absolute Gasteiger partial charge is 0.383 e. The Morgan fingerprint density at radius 2 is 2.00 bits per heavy atom. The number of aromatic nitrogens is 2. The van der Waals surface area contributed by atoms with Crippen LogP contribution in [0.5, 0.6) is 0 Å². The van der Waals surface area contributed by atoms with Crippen LogP contribution in [-0.4, -0.2) is 14.7 Å². The van der Waals surface area contributed by atoms with E-state index in [0.717, 1.165) is 12.0 Å². The van der Waals surface area contributed by atoms with E-state index in [1.165, 1.54) is 5.56 Å². The second kappa shape index (κ2) is 3.69. The predicted octanol–water partition coefficient (Wildman–Crippen LogP) is 2.45. The molecule has 0 saturated heterocycles. The van der Waals surface area contributed by atoms with Gasteiger partial charge in [0.2, 0.25) is 0 Å². The highest BCUT2D eigenvalue weighted by Crippen LogP contribution is 2.48. The van der Waals surface area contributed by atoms with Crippen LogP contribution in [-0.2, 0) is 17.6 Å². The molecule has 94 valence electrons. The second-order valence-corrected chi connectivity index (χ2v) is 5.87. The molecule has 1 atom stereocenters. The average molecular weight is 242 g/mol. The zero-order chi connectivity index (χ0) is 12.8. The van der Waals surface area contributed by atoms with Gasteiger partial charge < -0.3 is 9.67 Å². The number of imidazole rings is 1. The fraction of sp³-hybridized carbons (Fsp3) is 0.400. The molecule has 0 aliphatic heterocycles. The first-order valence-corrected chi connectivity index (χ1v) is 6.29. The first-order chi connectivity index (χ1) is 8.51. The Bertz CT molecular complexity index is 560. The molecule has 0 spiro atoms. The summed E-state index contributed by atoms with van der Waals surface area (Å²) in [5.41, 5.74) is 1.54. The number of hydrogen-bond donors (Lipinski definition) is 1. The number of nitrogens with zero attached hydrogens (tertiary/aromatic N) is 2. The maximum atomic E-state index is 11.0. The minimum atomic E-state index is -0.791. The number of benzene rings is 1. The van der Waals surface area contributed by atoms with Crippen LogP contribution in [0.2, 0.25) is 0 Å². The smallest absolute Gasteiger partial charge is 0.109 e. The standard InChI is InChI=1S/C15H18N2O/c1-14(2)9-15(18,10-17-8-7-16-11-17)13-6-4-3-5-12(13)14/h3-8,11,18H,9-10H2,1-2H3. The van der Waals surface area contributed by atoms with Crippen molar-refractivity contribution in [1.29, 1.82) is 0 Å². The summed E-state index contributed by atoms with van der Waals surface area (Å²) in [7, 11) is 0. The van der Waals surface area contributed by atoms with Crippen LogP contribution in [0.25, 0.3) is 0 Å². The molecule has 1 aromatic heterocycles. The molecule has 1 aliphatic carbocycles. The Hall–Kier alpha value is -1.61. The fourth-order valence-corrected chi connectivity index (χ4v) is 3.22. The minimum absolute atomic E-state index is 0.0198. The molecule has 0 saturated carbocycles. The van der Waals surface area contributed by atoms with Crippen LogP contribution in [0.1, 0.15) is 31.4 Å². The van der Waals surface area contributed by atoms with Gasteiger partial charge >= 0.3 is 0 Å². The molecule has 18 heavy (non-hydrogen) atoms. The molecule has 1 N–H and O–H groups in total. The lowest BCUT2D eigenvalue weighted by molar-refractivity contribution is 0.00829. The average Bonchev–Trinajstić information content (AvgIpc) is 2.86. The maximum Gasteiger partial charge on any atom is 0.109 e. The lowest BCUT2D eigenvalue weighted by Crippen LogP contribution is -2.30. The van der Waals surface area contributed by atoms with E-state index in [9.17, 15) is 5.11 Å². The maximum absolute atomic E-state index is 11.0. The van der Waals surface area contributed by atoms with Gasteiger partial charge in [0.15, 0.2) is 0 Å². The molecule has 1 aliphatic rings. The summed E-state index contributed by atoms with van der Waals surface area (Å²) in [5.74, 6) is 0.